The Hall–Kier alpha value is -7.74. The molecule has 0 atom stereocenters. The normalized spacial score (nSPS) is 11.1. The molecular weight excluding hydrogens is 711 g/mol. The summed E-state index contributed by atoms with van der Waals surface area (Å²) in [7, 11) is 0. The van der Waals surface area contributed by atoms with Gasteiger partial charge >= 0.3 is 0 Å². The Bertz CT molecular complexity index is 2970. The van der Waals surface area contributed by atoms with Gasteiger partial charge in [-0.15, -0.1) is 0 Å². The fourth-order valence-corrected chi connectivity index (χ4v) is 8.34. The highest BCUT2D eigenvalue weighted by molar-refractivity contribution is 6.05. The lowest BCUT2D eigenvalue weighted by Gasteiger charge is -2.26. The molecule has 10 aromatic rings. The minimum absolute atomic E-state index is 1.10. The molecule has 0 unspecified atom stereocenters. The SMILES string of the molecule is c1ccc(-c2ccc(-c3ccc(-c4ccc(N(c5ccccc5)c5ccc(-c6ccc(-c7ccccc7)c(-c7ccccc7)c6)cc5)cc4)c4ccccc34)cc2)cc1. The molecule has 0 aliphatic rings. The summed E-state index contributed by atoms with van der Waals surface area (Å²) < 4.78 is 0. The van der Waals surface area contributed by atoms with Crippen molar-refractivity contribution in [2.24, 2.45) is 0 Å². The highest BCUT2D eigenvalue weighted by Gasteiger charge is 2.16. The highest BCUT2D eigenvalue weighted by Crippen LogP contribution is 2.41. The number of benzene rings is 10. The third-order valence-electron chi connectivity index (χ3n) is 11.3. The summed E-state index contributed by atoms with van der Waals surface area (Å²) in [6.45, 7) is 0. The zero-order chi connectivity index (χ0) is 39.4. The first-order chi connectivity index (χ1) is 29.3. The van der Waals surface area contributed by atoms with Crippen LogP contribution in [-0.2, 0) is 0 Å². The third kappa shape index (κ3) is 7.23. The molecule has 0 spiro atoms. The predicted molar refractivity (Wildman–Crippen MR) is 251 cm³/mol. The van der Waals surface area contributed by atoms with Crippen LogP contribution < -0.4 is 4.90 Å². The number of nitrogens with zero attached hydrogens (tertiary/aromatic N) is 1. The van der Waals surface area contributed by atoms with E-state index in [0.717, 1.165) is 17.1 Å². The van der Waals surface area contributed by atoms with Gasteiger partial charge in [-0.1, -0.05) is 206 Å². The van der Waals surface area contributed by atoms with Crippen molar-refractivity contribution in [3.8, 4) is 66.8 Å². The van der Waals surface area contributed by atoms with Crippen LogP contribution in [0.25, 0.3) is 77.5 Å². The average molecular weight is 752 g/mol. The van der Waals surface area contributed by atoms with Crippen molar-refractivity contribution in [1.82, 2.24) is 0 Å². The molecule has 1 heteroatoms. The van der Waals surface area contributed by atoms with Crippen molar-refractivity contribution in [3.05, 3.63) is 249 Å². The van der Waals surface area contributed by atoms with Crippen LogP contribution in [-0.4, -0.2) is 0 Å². The minimum atomic E-state index is 1.10. The topological polar surface area (TPSA) is 3.24 Å². The Morgan fingerprint density at radius 3 is 1.02 bits per heavy atom. The molecule has 0 N–H and O–H groups in total. The van der Waals surface area contributed by atoms with Crippen molar-refractivity contribution in [1.29, 1.82) is 0 Å². The van der Waals surface area contributed by atoms with E-state index in [0.29, 0.717) is 0 Å². The maximum Gasteiger partial charge on any atom is 0.0462 e. The second-order valence-electron chi connectivity index (χ2n) is 14.9. The summed E-state index contributed by atoms with van der Waals surface area (Å²) in [6, 6.07) is 89.6. The van der Waals surface area contributed by atoms with Crippen LogP contribution >= 0.6 is 0 Å². The van der Waals surface area contributed by atoms with Gasteiger partial charge < -0.3 is 4.90 Å². The quantitative estimate of drug-likeness (QED) is 0.142. The van der Waals surface area contributed by atoms with E-state index in [1.165, 1.54) is 77.5 Å². The zero-order valence-electron chi connectivity index (χ0n) is 32.6. The largest absolute Gasteiger partial charge is 0.311 e. The van der Waals surface area contributed by atoms with Gasteiger partial charge in [-0.3, -0.25) is 0 Å². The standard InChI is InChI=1S/C58H41N/c1-5-15-42(16-6-1)43-25-27-47(28-26-43)53-39-40-54(57-24-14-13-23-56(53)57)48-31-36-52(37-32-48)59(50-21-11-4-12-22-50)51-34-29-44(30-35-51)49-33-38-55(45-17-7-2-8-18-45)58(41-49)46-19-9-3-10-20-46/h1-41H. The molecule has 0 saturated heterocycles. The number of para-hydroxylation sites is 1. The van der Waals surface area contributed by atoms with Crippen molar-refractivity contribution in [2.45, 2.75) is 0 Å². The molecule has 10 rings (SSSR count). The second-order valence-corrected chi connectivity index (χ2v) is 14.9. The van der Waals surface area contributed by atoms with Gasteiger partial charge in [-0.05, 0) is 120 Å². The van der Waals surface area contributed by atoms with E-state index in [4.69, 9.17) is 0 Å². The smallest absolute Gasteiger partial charge is 0.0462 e. The van der Waals surface area contributed by atoms with E-state index < -0.39 is 0 Å². The van der Waals surface area contributed by atoms with Crippen LogP contribution in [0.2, 0.25) is 0 Å². The molecule has 0 fully saturated rings. The molecule has 0 aromatic heterocycles. The minimum Gasteiger partial charge on any atom is -0.311 e. The number of anilines is 3. The predicted octanol–water partition coefficient (Wildman–Crippen LogP) is 16.3. The summed E-state index contributed by atoms with van der Waals surface area (Å²) in [6.07, 6.45) is 0. The lowest BCUT2D eigenvalue weighted by atomic mass is 9.91. The Kier molecular flexibility index (Phi) is 9.68. The van der Waals surface area contributed by atoms with Gasteiger partial charge in [0.15, 0.2) is 0 Å². The summed E-state index contributed by atoms with van der Waals surface area (Å²) in [5, 5.41) is 2.49. The van der Waals surface area contributed by atoms with Gasteiger partial charge in [-0.25, -0.2) is 0 Å². The van der Waals surface area contributed by atoms with Crippen molar-refractivity contribution < 1.29 is 0 Å². The molecule has 0 aliphatic heterocycles. The summed E-state index contributed by atoms with van der Waals surface area (Å²) in [5.74, 6) is 0. The first-order valence-electron chi connectivity index (χ1n) is 20.3. The van der Waals surface area contributed by atoms with Gasteiger partial charge in [0.25, 0.3) is 0 Å². The lowest BCUT2D eigenvalue weighted by Crippen LogP contribution is -2.09. The van der Waals surface area contributed by atoms with E-state index in [-0.39, 0.29) is 0 Å². The fraction of sp³-hybridized carbons (Fsp3) is 0. The van der Waals surface area contributed by atoms with Crippen LogP contribution in [0.5, 0.6) is 0 Å². The number of hydrogen-bond acceptors (Lipinski definition) is 1. The molecule has 0 amide bonds. The Morgan fingerprint density at radius 1 is 0.186 bits per heavy atom. The zero-order valence-corrected chi connectivity index (χ0v) is 32.6. The number of rotatable bonds is 9. The van der Waals surface area contributed by atoms with Crippen molar-refractivity contribution in [3.63, 3.8) is 0 Å². The number of fused-ring (bicyclic) bond motifs is 1. The second kappa shape index (κ2) is 16.0. The number of hydrogen-bond donors (Lipinski definition) is 0. The van der Waals surface area contributed by atoms with Crippen LogP contribution in [0.3, 0.4) is 0 Å². The van der Waals surface area contributed by atoms with Gasteiger partial charge in [0.2, 0.25) is 0 Å². The molecule has 10 aromatic carbocycles. The van der Waals surface area contributed by atoms with Gasteiger partial charge in [0.05, 0.1) is 0 Å². The molecule has 0 bridgehead atoms. The maximum absolute atomic E-state index is 2.34. The summed E-state index contributed by atoms with van der Waals surface area (Å²) in [5.41, 5.74) is 17.9. The fourth-order valence-electron chi connectivity index (χ4n) is 8.34. The van der Waals surface area contributed by atoms with E-state index in [1.807, 2.05) is 0 Å². The van der Waals surface area contributed by atoms with Crippen LogP contribution in [0.4, 0.5) is 17.1 Å². The summed E-state index contributed by atoms with van der Waals surface area (Å²) in [4.78, 5) is 2.34. The molecule has 0 radical (unpaired) electrons. The van der Waals surface area contributed by atoms with E-state index in [9.17, 15) is 0 Å². The Labute approximate surface area is 346 Å². The van der Waals surface area contributed by atoms with Gasteiger partial charge in [0, 0.05) is 17.1 Å². The van der Waals surface area contributed by atoms with Gasteiger partial charge in [0.1, 0.15) is 0 Å². The molecule has 59 heavy (non-hydrogen) atoms. The molecule has 278 valence electrons. The van der Waals surface area contributed by atoms with E-state index in [2.05, 4.69) is 254 Å². The Morgan fingerprint density at radius 2 is 0.492 bits per heavy atom. The maximum atomic E-state index is 2.34. The Balaban J connectivity index is 0.970. The average Bonchev–Trinajstić information content (AvgIpc) is 3.33. The van der Waals surface area contributed by atoms with E-state index >= 15 is 0 Å². The molecule has 0 heterocycles. The van der Waals surface area contributed by atoms with E-state index in [1.54, 1.807) is 0 Å². The monoisotopic (exact) mass is 751 g/mol. The first kappa shape index (κ1) is 35.7. The van der Waals surface area contributed by atoms with Crippen LogP contribution in [0, 0.1) is 0 Å². The third-order valence-corrected chi connectivity index (χ3v) is 11.3. The summed E-state index contributed by atoms with van der Waals surface area (Å²) >= 11 is 0. The lowest BCUT2D eigenvalue weighted by molar-refractivity contribution is 1.28. The molecule has 0 aliphatic carbocycles. The van der Waals surface area contributed by atoms with Gasteiger partial charge in [-0.2, -0.15) is 0 Å². The van der Waals surface area contributed by atoms with Crippen LogP contribution in [0.15, 0.2) is 249 Å². The van der Waals surface area contributed by atoms with Crippen LogP contribution in [0.1, 0.15) is 0 Å². The molecule has 0 saturated carbocycles. The first-order valence-corrected chi connectivity index (χ1v) is 20.3. The highest BCUT2D eigenvalue weighted by atomic mass is 15.1. The van der Waals surface area contributed by atoms with Crippen molar-refractivity contribution >= 4 is 27.8 Å². The molecule has 1 nitrogen and oxygen atoms in total. The molecular formula is C58H41N. The van der Waals surface area contributed by atoms with Crippen molar-refractivity contribution in [2.75, 3.05) is 4.90 Å².